The first-order valence-electron chi connectivity index (χ1n) is 6.31. The predicted octanol–water partition coefficient (Wildman–Crippen LogP) is 4.31. The number of para-hydroxylation sites is 1. The third-order valence-electron chi connectivity index (χ3n) is 3.05. The van der Waals surface area contributed by atoms with Crippen molar-refractivity contribution in [3.8, 4) is 0 Å². The van der Waals surface area contributed by atoms with E-state index in [2.05, 4.69) is 32.3 Å². The summed E-state index contributed by atoms with van der Waals surface area (Å²) in [6, 6.07) is 14.0. The van der Waals surface area contributed by atoms with Gasteiger partial charge in [0.15, 0.2) is 0 Å². The molecule has 0 atom stereocenters. The van der Waals surface area contributed by atoms with Crippen LogP contribution >= 0.6 is 39.5 Å². The van der Waals surface area contributed by atoms with Crippen molar-refractivity contribution < 1.29 is 0 Å². The van der Waals surface area contributed by atoms with Gasteiger partial charge in [-0.25, -0.2) is 4.98 Å². The van der Waals surface area contributed by atoms with Gasteiger partial charge >= 0.3 is 0 Å². The molecule has 0 unspecified atom stereocenters. The van der Waals surface area contributed by atoms with Crippen LogP contribution in [0.15, 0.2) is 46.3 Å². The van der Waals surface area contributed by atoms with E-state index in [1.807, 2.05) is 36.4 Å². The van der Waals surface area contributed by atoms with E-state index in [0.717, 1.165) is 26.1 Å². The molecule has 0 fully saturated rings. The average Bonchev–Trinajstić information content (AvgIpc) is 2.89. The van der Waals surface area contributed by atoms with Crippen LogP contribution in [0.1, 0.15) is 10.4 Å². The molecule has 0 bridgehead atoms. The fraction of sp³-hybridized carbons (Fsp3) is 0.0667. The van der Waals surface area contributed by atoms with E-state index in [-0.39, 0.29) is 0 Å². The molecule has 3 aromatic rings. The van der Waals surface area contributed by atoms with Gasteiger partial charge in [-0.1, -0.05) is 30.4 Å². The second-order valence-electron chi connectivity index (χ2n) is 4.50. The van der Waals surface area contributed by atoms with Crippen molar-refractivity contribution >= 4 is 61.2 Å². The number of rotatable bonds is 4. The highest BCUT2D eigenvalue weighted by atomic mass is 79.9. The van der Waals surface area contributed by atoms with Gasteiger partial charge < -0.3 is 11.1 Å². The molecule has 3 rings (SSSR count). The Morgan fingerprint density at radius 3 is 2.81 bits per heavy atom. The number of nitrogens with one attached hydrogen (secondary N) is 1. The summed E-state index contributed by atoms with van der Waals surface area (Å²) < 4.78 is 1.11. The number of aromatic nitrogens is 1. The number of halogens is 1. The molecule has 0 aliphatic rings. The molecule has 3 N–H and O–H groups in total. The smallest absolute Gasteiger partial charge is 0.137 e. The van der Waals surface area contributed by atoms with Crippen molar-refractivity contribution in [1.82, 2.24) is 4.98 Å². The highest BCUT2D eigenvalue weighted by molar-refractivity contribution is 9.11. The van der Waals surface area contributed by atoms with Gasteiger partial charge in [0.05, 0.1) is 21.4 Å². The van der Waals surface area contributed by atoms with Crippen molar-refractivity contribution in [2.45, 2.75) is 6.54 Å². The van der Waals surface area contributed by atoms with Crippen LogP contribution in [0, 0.1) is 0 Å². The van der Waals surface area contributed by atoms with Gasteiger partial charge in [-0.15, -0.1) is 11.3 Å². The molecule has 2 heterocycles. The van der Waals surface area contributed by atoms with Crippen molar-refractivity contribution in [1.29, 1.82) is 0 Å². The second-order valence-corrected chi connectivity index (χ2v) is 7.49. The van der Waals surface area contributed by atoms with E-state index in [1.54, 1.807) is 11.3 Å². The zero-order chi connectivity index (χ0) is 14.8. The number of nitrogens with two attached hydrogens (primary N) is 1. The van der Waals surface area contributed by atoms with Crippen molar-refractivity contribution in [2.24, 2.45) is 5.73 Å². The maximum atomic E-state index is 5.83. The number of hydrogen-bond acceptors (Lipinski definition) is 4. The Bertz CT molecular complexity index is 814. The Balaban J connectivity index is 1.95. The number of nitrogens with zero attached hydrogens (tertiary/aromatic N) is 1. The number of anilines is 1. The number of hydrogen-bond donors (Lipinski definition) is 2. The van der Waals surface area contributed by atoms with Gasteiger partial charge in [0, 0.05) is 10.3 Å². The van der Waals surface area contributed by atoms with Crippen molar-refractivity contribution in [3.05, 3.63) is 56.7 Å². The number of fused-ring (bicyclic) bond motifs is 1. The van der Waals surface area contributed by atoms with E-state index in [4.69, 9.17) is 18.0 Å². The Morgan fingerprint density at radius 1 is 1.29 bits per heavy atom. The topological polar surface area (TPSA) is 50.9 Å². The largest absolute Gasteiger partial charge is 0.389 e. The van der Waals surface area contributed by atoms with Crippen LogP contribution in [-0.4, -0.2) is 9.97 Å². The van der Waals surface area contributed by atoms with E-state index in [1.165, 1.54) is 4.88 Å². The molecule has 0 saturated carbocycles. The summed E-state index contributed by atoms with van der Waals surface area (Å²) in [5, 5.41) is 4.36. The number of benzene rings is 1. The van der Waals surface area contributed by atoms with Crippen molar-refractivity contribution in [3.63, 3.8) is 0 Å². The molecule has 0 spiro atoms. The van der Waals surface area contributed by atoms with Crippen LogP contribution in [0.2, 0.25) is 0 Å². The van der Waals surface area contributed by atoms with Gasteiger partial charge in [0.1, 0.15) is 10.8 Å². The van der Waals surface area contributed by atoms with Crippen LogP contribution in [-0.2, 0) is 6.54 Å². The Labute approximate surface area is 140 Å². The minimum Gasteiger partial charge on any atom is -0.389 e. The van der Waals surface area contributed by atoms with Crippen molar-refractivity contribution in [2.75, 3.05) is 5.32 Å². The lowest BCUT2D eigenvalue weighted by Crippen LogP contribution is -2.14. The van der Waals surface area contributed by atoms with Crippen LogP contribution in [0.4, 0.5) is 5.82 Å². The van der Waals surface area contributed by atoms with Gasteiger partial charge in [-0.2, -0.15) is 0 Å². The summed E-state index contributed by atoms with van der Waals surface area (Å²) in [4.78, 5) is 6.20. The normalized spacial score (nSPS) is 10.7. The predicted molar refractivity (Wildman–Crippen MR) is 97.0 cm³/mol. The summed E-state index contributed by atoms with van der Waals surface area (Å²) in [6.45, 7) is 0.692. The number of pyridine rings is 1. The lowest BCUT2D eigenvalue weighted by atomic mass is 10.1. The highest BCUT2D eigenvalue weighted by Crippen LogP contribution is 2.24. The summed E-state index contributed by atoms with van der Waals surface area (Å²) in [5.41, 5.74) is 7.53. The minimum absolute atomic E-state index is 0.350. The molecule has 1 aromatic carbocycles. The first-order valence-corrected chi connectivity index (χ1v) is 8.33. The summed E-state index contributed by atoms with van der Waals surface area (Å²) >= 11 is 10.3. The van der Waals surface area contributed by atoms with E-state index >= 15 is 0 Å². The van der Waals surface area contributed by atoms with Crippen LogP contribution in [0.25, 0.3) is 10.9 Å². The molecule has 6 heteroatoms. The molecule has 3 nitrogen and oxygen atoms in total. The van der Waals surface area contributed by atoms with E-state index in [0.29, 0.717) is 11.5 Å². The summed E-state index contributed by atoms with van der Waals surface area (Å²) in [5.74, 6) is 0.728. The third-order valence-corrected chi connectivity index (χ3v) is 4.89. The lowest BCUT2D eigenvalue weighted by molar-refractivity contribution is 1.15. The molecule has 0 saturated heterocycles. The van der Waals surface area contributed by atoms with Crippen LogP contribution in [0.5, 0.6) is 0 Å². The summed E-state index contributed by atoms with van der Waals surface area (Å²) in [7, 11) is 0. The number of thiocarbonyl (C=S) groups is 1. The Hall–Kier alpha value is -1.50. The maximum Gasteiger partial charge on any atom is 0.137 e. The Morgan fingerprint density at radius 2 is 2.10 bits per heavy atom. The second kappa shape index (κ2) is 6.09. The molecule has 2 aromatic heterocycles. The standard InChI is InChI=1S/C15H12BrN3S2/c16-13-6-5-10(21-13)8-18-15-11(14(17)20)7-9-3-1-2-4-12(9)19-15/h1-7H,8H2,(H2,17,20)(H,18,19). The first kappa shape index (κ1) is 14.4. The van der Waals surface area contributed by atoms with Gasteiger partial charge in [-0.3, -0.25) is 0 Å². The SMILES string of the molecule is NC(=S)c1cc2ccccc2nc1NCc1ccc(Br)s1. The van der Waals surface area contributed by atoms with E-state index < -0.39 is 0 Å². The fourth-order valence-electron chi connectivity index (χ4n) is 2.06. The molecule has 0 aliphatic heterocycles. The maximum absolute atomic E-state index is 5.83. The third kappa shape index (κ3) is 3.23. The molecule has 0 radical (unpaired) electrons. The van der Waals surface area contributed by atoms with Crippen LogP contribution in [0.3, 0.4) is 0 Å². The molecule has 0 amide bonds. The molecule has 0 aliphatic carbocycles. The van der Waals surface area contributed by atoms with Gasteiger partial charge in [0.2, 0.25) is 0 Å². The monoisotopic (exact) mass is 377 g/mol. The Kier molecular flexibility index (Phi) is 4.19. The number of thiophene rings is 1. The highest BCUT2D eigenvalue weighted by Gasteiger charge is 2.09. The quantitative estimate of drug-likeness (QED) is 0.665. The molecular formula is C15H12BrN3S2. The van der Waals surface area contributed by atoms with Gasteiger partial charge in [-0.05, 0) is 40.2 Å². The van der Waals surface area contributed by atoms with Crippen LogP contribution < -0.4 is 11.1 Å². The van der Waals surface area contributed by atoms with Gasteiger partial charge in [0.25, 0.3) is 0 Å². The minimum atomic E-state index is 0.350. The lowest BCUT2D eigenvalue weighted by Gasteiger charge is -2.11. The first-order chi connectivity index (χ1) is 10.1. The molecule has 21 heavy (non-hydrogen) atoms. The summed E-state index contributed by atoms with van der Waals surface area (Å²) in [6.07, 6.45) is 0. The fourth-order valence-corrected chi connectivity index (χ4v) is 3.63. The molecule has 106 valence electrons. The average molecular weight is 378 g/mol. The molecular weight excluding hydrogens is 366 g/mol. The van der Waals surface area contributed by atoms with E-state index in [9.17, 15) is 0 Å². The zero-order valence-electron chi connectivity index (χ0n) is 11.0. The zero-order valence-corrected chi connectivity index (χ0v) is 14.2.